The van der Waals surface area contributed by atoms with Crippen LogP contribution in [0, 0.1) is 0 Å². The first-order chi connectivity index (χ1) is 12.3. The summed E-state index contributed by atoms with van der Waals surface area (Å²) >= 11 is 1.68. The third-order valence-corrected chi connectivity index (χ3v) is 5.26. The average molecular weight is 360 g/mol. The van der Waals surface area contributed by atoms with Gasteiger partial charge in [0.2, 0.25) is 0 Å². The summed E-state index contributed by atoms with van der Waals surface area (Å²) in [4.78, 5) is 16.0. The van der Waals surface area contributed by atoms with E-state index in [0.29, 0.717) is 13.1 Å². The van der Waals surface area contributed by atoms with Crippen LogP contribution < -0.4 is 10.1 Å². The molecule has 25 heavy (non-hydrogen) atoms. The summed E-state index contributed by atoms with van der Waals surface area (Å²) in [6.07, 6.45) is 1.78. The topological polar surface area (TPSA) is 50.8 Å². The number of urea groups is 1. The molecule has 6 heteroatoms. The lowest BCUT2D eigenvalue weighted by Crippen LogP contribution is -2.47. The lowest BCUT2D eigenvalue weighted by Gasteiger charge is -2.34. The van der Waals surface area contributed by atoms with E-state index < -0.39 is 0 Å². The van der Waals surface area contributed by atoms with E-state index in [1.54, 1.807) is 18.4 Å². The fourth-order valence-corrected chi connectivity index (χ4v) is 3.66. The van der Waals surface area contributed by atoms with E-state index in [-0.39, 0.29) is 12.1 Å². The second-order valence-electron chi connectivity index (χ2n) is 6.06. The van der Waals surface area contributed by atoms with Gasteiger partial charge in [0.15, 0.2) is 0 Å². The van der Waals surface area contributed by atoms with Gasteiger partial charge in [0.25, 0.3) is 0 Å². The molecule has 0 spiro atoms. The molecule has 3 rings (SSSR count). The first-order valence-electron chi connectivity index (χ1n) is 8.54. The van der Waals surface area contributed by atoms with Gasteiger partial charge in [-0.1, -0.05) is 18.2 Å². The van der Waals surface area contributed by atoms with Crippen molar-refractivity contribution < 1.29 is 14.3 Å². The van der Waals surface area contributed by atoms with E-state index >= 15 is 0 Å². The predicted octanol–water partition coefficient (Wildman–Crippen LogP) is 3.65. The Kier molecular flexibility index (Phi) is 6.30. The minimum Gasteiger partial charge on any atom is -0.497 e. The van der Waals surface area contributed by atoms with Gasteiger partial charge in [-0.2, -0.15) is 0 Å². The summed E-state index contributed by atoms with van der Waals surface area (Å²) in [7, 11) is 1.65. The lowest BCUT2D eigenvalue weighted by atomic mass is 10.1. The Morgan fingerprint density at radius 2 is 2.04 bits per heavy atom. The Balaban J connectivity index is 1.62. The van der Waals surface area contributed by atoms with Crippen LogP contribution in [-0.4, -0.2) is 37.3 Å². The maximum absolute atomic E-state index is 12.8. The molecule has 1 N–H and O–H groups in total. The summed E-state index contributed by atoms with van der Waals surface area (Å²) in [5, 5.41) is 5.10. The zero-order valence-corrected chi connectivity index (χ0v) is 15.3. The molecule has 1 aliphatic heterocycles. The number of methoxy groups -OCH3 is 1. The highest BCUT2D eigenvalue weighted by Gasteiger charge is 2.26. The number of rotatable bonds is 6. The molecule has 0 atom stereocenters. The van der Waals surface area contributed by atoms with Crippen molar-refractivity contribution in [2.75, 3.05) is 20.3 Å². The number of carbonyl (C=O) groups is 1. The second kappa shape index (κ2) is 8.87. The summed E-state index contributed by atoms with van der Waals surface area (Å²) < 4.78 is 10.6. The smallest absolute Gasteiger partial charge is 0.318 e. The van der Waals surface area contributed by atoms with Gasteiger partial charge in [0.05, 0.1) is 13.7 Å². The number of nitrogens with one attached hydrogen (secondary N) is 1. The van der Waals surface area contributed by atoms with Crippen molar-refractivity contribution in [2.45, 2.75) is 32.0 Å². The summed E-state index contributed by atoms with van der Waals surface area (Å²) in [6.45, 7) is 2.60. The molecular formula is C19H24N2O3S. The number of hydrogen-bond donors (Lipinski definition) is 1. The number of hydrogen-bond acceptors (Lipinski definition) is 4. The molecule has 1 aliphatic rings. The van der Waals surface area contributed by atoms with Crippen LogP contribution in [0.4, 0.5) is 4.79 Å². The van der Waals surface area contributed by atoms with Crippen LogP contribution in [0.15, 0.2) is 41.8 Å². The molecule has 1 fully saturated rings. The van der Waals surface area contributed by atoms with Crippen LogP contribution in [0.5, 0.6) is 5.75 Å². The molecule has 1 aromatic heterocycles. The molecule has 2 heterocycles. The van der Waals surface area contributed by atoms with Crippen LogP contribution in [-0.2, 0) is 17.8 Å². The highest BCUT2D eigenvalue weighted by molar-refractivity contribution is 7.09. The minimum absolute atomic E-state index is 0.0175. The van der Waals surface area contributed by atoms with Crippen molar-refractivity contribution in [1.29, 1.82) is 0 Å². The van der Waals surface area contributed by atoms with Crippen molar-refractivity contribution in [2.24, 2.45) is 0 Å². The summed E-state index contributed by atoms with van der Waals surface area (Å²) in [6, 6.07) is 12.1. The van der Waals surface area contributed by atoms with Crippen LogP contribution in [0.2, 0.25) is 0 Å². The number of thiophene rings is 1. The molecular weight excluding hydrogens is 336 g/mol. The number of amides is 2. The van der Waals surface area contributed by atoms with Gasteiger partial charge in [-0.3, -0.25) is 0 Å². The zero-order valence-electron chi connectivity index (χ0n) is 14.4. The highest BCUT2D eigenvalue weighted by atomic mass is 32.1. The number of ether oxygens (including phenoxy) is 2. The predicted molar refractivity (Wildman–Crippen MR) is 98.9 cm³/mol. The van der Waals surface area contributed by atoms with Crippen LogP contribution in [0.25, 0.3) is 0 Å². The lowest BCUT2D eigenvalue weighted by molar-refractivity contribution is 0.0439. The molecule has 0 radical (unpaired) electrons. The number of carbonyl (C=O) groups excluding carboxylic acids is 1. The van der Waals surface area contributed by atoms with E-state index in [1.807, 2.05) is 40.6 Å². The molecule has 0 unspecified atom stereocenters. The van der Waals surface area contributed by atoms with E-state index in [1.165, 1.54) is 4.88 Å². The van der Waals surface area contributed by atoms with E-state index in [4.69, 9.17) is 9.47 Å². The fraction of sp³-hybridized carbons (Fsp3) is 0.421. The standard InChI is InChI=1S/C19H24N2O3S/c1-23-17-6-4-15(5-7-17)13-20-19(22)21(14-18-3-2-12-25-18)16-8-10-24-11-9-16/h2-7,12,16H,8-11,13-14H2,1H3,(H,20,22). The molecule has 2 aromatic rings. The third kappa shape index (κ3) is 4.96. The Hall–Kier alpha value is -2.05. The zero-order chi connectivity index (χ0) is 17.5. The maximum atomic E-state index is 12.8. The van der Waals surface area contributed by atoms with E-state index in [9.17, 15) is 4.79 Å². The molecule has 1 aromatic carbocycles. The SMILES string of the molecule is COc1ccc(CNC(=O)N(Cc2cccs2)C2CCOCC2)cc1. The fourth-order valence-electron chi connectivity index (χ4n) is 2.96. The molecule has 2 amide bonds. The Morgan fingerprint density at radius 3 is 2.68 bits per heavy atom. The molecule has 0 bridgehead atoms. The molecule has 134 valence electrons. The summed E-state index contributed by atoms with van der Waals surface area (Å²) in [5.74, 6) is 0.816. The van der Waals surface area contributed by atoms with E-state index in [0.717, 1.165) is 37.4 Å². The van der Waals surface area contributed by atoms with Crippen LogP contribution in [0.1, 0.15) is 23.3 Å². The van der Waals surface area contributed by atoms with Gasteiger partial charge >= 0.3 is 6.03 Å². The second-order valence-corrected chi connectivity index (χ2v) is 7.09. The molecule has 5 nitrogen and oxygen atoms in total. The number of nitrogens with zero attached hydrogens (tertiary/aromatic N) is 1. The molecule has 1 saturated heterocycles. The molecule has 0 saturated carbocycles. The quantitative estimate of drug-likeness (QED) is 0.855. The Labute approximate surface area is 152 Å². The van der Waals surface area contributed by atoms with Gasteiger partial charge in [-0.15, -0.1) is 11.3 Å². The van der Waals surface area contributed by atoms with Gasteiger partial charge < -0.3 is 19.7 Å². The normalized spacial score (nSPS) is 14.9. The van der Waals surface area contributed by atoms with Crippen molar-refractivity contribution in [1.82, 2.24) is 10.2 Å². The van der Waals surface area contributed by atoms with Crippen molar-refractivity contribution in [3.8, 4) is 5.75 Å². The van der Waals surface area contributed by atoms with Crippen molar-refractivity contribution in [3.63, 3.8) is 0 Å². The largest absolute Gasteiger partial charge is 0.497 e. The molecule has 0 aliphatic carbocycles. The van der Waals surface area contributed by atoms with Gasteiger partial charge in [0.1, 0.15) is 5.75 Å². The van der Waals surface area contributed by atoms with Gasteiger partial charge in [-0.25, -0.2) is 4.79 Å². The van der Waals surface area contributed by atoms with Crippen molar-refractivity contribution >= 4 is 17.4 Å². The third-order valence-electron chi connectivity index (χ3n) is 4.40. The Bertz CT molecular complexity index is 652. The number of benzene rings is 1. The van der Waals surface area contributed by atoms with Crippen LogP contribution in [0.3, 0.4) is 0 Å². The maximum Gasteiger partial charge on any atom is 0.318 e. The van der Waals surface area contributed by atoms with E-state index in [2.05, 4.69) is 11.4 Å². The van der Waals surface area contributed by atoms with Gasteiger partial charge in [0, 0.05) is 30.7 Å². The monoisotopic (exact) mass is 360 g/mol. The van der Waals surface area contributed by atoms with Crippen molar-refractivity contribution in [3.05, 3.63) is 52.2 Å². The highest BCUT2D eigenvalue weighted by Crippen LogP contribution is 2.20. The van der Waals surface area contributed by atoms with Crippen LogP contribution >= 0.6 is 11.3 Å². The van der Waals surface area contributed by atoms with Gasteiger partial charge in [-0.05, 0) is 42.0 Å². The minimum atomic E-state index is -0.0175. The summed E-state index contributed by atoms with van der Waals surface area (Å²) in [5.41, 5.74) is 1.05. The Morgan fingerprint density at radius 1 is 1.28 bits per heavy atom. The first-order valence-corrected chi connectivity index (χ1v) is 9.42. The first kappa shape index (κ1) is 17.8. The average Bonchev–Trinajstić information content (AvgIpc) is 3.18.